The molecule has 152 valence electrons. The minimum Gasteiger partial charge on any atom is -0.461 e. The molecule has 0 saturated heterocycles. The first-order valence-electron chi connectivity index (χ1n) is 8.99. The second kappa shape index (κ2) is 8.91. The summed E-state index contributed by atoms with van der Waals surface area (Å²) in [6.07, 6.45) is 1.55. The van der Waals surface area contributed by atoms with Crippen molar-refractivity contribution in [1.82, 2.24) is 14.8 Å². The lowest BCUT2D eigenvalue weighted by Gasteiger charge is -2.10. The third-order valence-corrected chi connectivity index (χ3v) is 5.15. The molecular weight excluding hydrogens is 410 g/mol. The van der Waals surface area contributed by atoms with E-state index >= 15 is 0 Å². The van der Waals surface area contributed by atoms with Gasteiger partial charge < -0.3 is 9.73 Å². The SMILES string of the molecule is O=C(CSc1nnc(-c2ccco2)n1Cc1ccccc1)Nc1ccc(F)cc1F. The van der Waals surface area contributed by atoms with Gasteiger partial charge in [0, 0.05) is 6.07 Å². The topological polar surface area (TPSA) is 73.0 Å². The molecule has 2 heterocycles. The highest BCUT2D eigenvalue weighted by molar-refractivity contribution is 7.99. The number of rotatable bonds is 7. The van der Waals surface area contributed by atoms with Gasteiger partial charge >= 0.3 is 0 Å². The highest BCUT2D eigenvalue weighted by Crippen LogP contribution is 2.26. The van der Waals surface area contributed by atoms with Crippen molar-refractivity contribution in [3.8, 4) is 11.6 Å². The van der Waals surface area contributed by atoms with Crippen LogP contribution in [0, 0.1) is 11.6 Å². The highest BCUT2D eigenvalue weighted by atomic mass is 32.2. The Bertz CT molecular complexity index is 1150. The molecule has 30 heavy (non-hydrogen) atoms. The van der Waals surface area contributed by atoms with Gasteiger partial charge in [-0.2, -0.15) is 0 Å². The van der Waals surface area contributed by atoms with Crippen LogP contribution < -0.4 is 5.32 Å². The molecule has 0 aliphatic heterocycles. The number of nitrogens with one attached hydrogen (secondary N) is 1. The van der Waals surface area contributed by atoms with Gasteiger partial charge in [0.05, 0.1) is 24.2 Å². The molecule has 0 spiro atoms. The summed E-state index contributed by atoms with van der Waals surface area (Å²) >= 11 is 1.16. The first-order chi connectivity index (χ1) is 14.6. The molecule has 0 radical (unpaired) electrons. The Kier molecular flexibility index (Phi) is 5.89. The molecule has 0 atom stereocenters. The number of aromatic nitrogens is 3. The van der Waals surface area contributed by atoms with Gasteiger partial charge in [-0.1, -0.05) is 42.1 Å². The molecule has 0 aliphatic carbocycles. The molecule has 9 heteroatoms. The molecule has 2 aromatic carbocycles. The van der Waals surface area contributed by atoms with Gasteiger partial charge in [0.1, 0.15) is 11.6 Å². The maximum absolute atomic E-state index is 13.7. The molecule has 0 bridgehead atoms. The Hall–Kier alpha value is -3.46. The smallest absolute Gasteiger partial charge is 0.234 e. The van der Waals surface area contributed by atoms with Crippen molar-refractivity contribution in [3.63, 3.8) is 0 Å². The summed E-state index contributed by atoms with van der Waals surface area (Å²) < 4.78 is 34.1. The standard InChI is InChI=1S/C21H16F2N4O2S/c22-15-8-9-17(16(23)11-15)24-19(28)13-30-21-26-25-20(18-7-4-10-29-18)27(21)12-14-5-2-1-3-6-14/h1-11H,12-13H2,(H,24,28). The van der Waals surface area contributed by atoms with Crippen LogP contribution in [0.15, 0.2) is 76.5 Å². The minimum atomic E-state index is -0.833. The maximum atomic E-state index is 13.7. The second-order valence-corrected chi connectivity index (χ2v) is 7.26. The van der Waals surface area contributed by atoms with Crippen molar-refractivity contribution in [2.45, 2.75) is 11.7 Å². The maximum Gasteiger partial charge on any atom is 0.234 e. The Morgan fingerprint density at radius 2 is 1.90 bits per heavy atom. The van der Waals surface area contributed by atoms with E-state index in [0.29, 0.717) is 23.3 Å². The van der Waals surface area contributed by atoms with Crippen LogP contribution in [-0.4, -0.2) is 26.4 Å². The number of furan rings is 1. The van der Waals surface area contributed by atoms with Crippen LogP contribution in [-0.2, 0) is 11.3 Å². The van der Waals surface area contributed by atoms with Crippen LogP contribution in [0.1, 0.15) is 5.56 Å². The third kappa shape index (κ3) is 4.57. The number of hydrogen-bond acceptors (Lipinski definition) is 5. The average molecular weight is 426 g/mol. The summed E-state index contributed by atoms with van der Waals surface area (Å²) in [4.78, 5) is 12.3. The first-order valence-corrected chi connectivity index (χ1v) is 9.97. The van der Waals surface area contributed by atoms with Gasteiger partial charge in [0.2, 0.25) is 11.7 Å². The Morgan fingerprint density at radius 3 is 2.63 bits per heavy atom. The lowest BCUT2D eigenvalue weighted by molar-refractivity contribution is -0.113. The number of carbonyl (C=O) groups excluding carboxylic acids is 1. The summed E-state index contributed by atoms with van der Waals surface area (Å²) in [5, 5.41) is 11.3. The van der Waals surface area contributed by atoms with Gasteiger partial charge in [-0.05, 0) is 29.8 Å². The van der Waals surface area contributed by atoms with Crippen molar-refractivity contribution >= 4 is 23.4 Å². The van der Waals surface area contributed by atoms with Gasteiger partial charge in [0.15, 0.2) is 10.9 Å². The number of carbonyl (C=O) groups is 1. The van der Waals surface area contributed by atoms with Crippen LogP contribution in [0.3, 0.4) is 0 Å². The van der Waals surface area contributed by atoms with E-state index in [0.717, 1.165) is 29.5 Å². The van der Waals surface area contributed by atoms with E-state index in [1.807, 2.05) is 34.9 Å². The number of benzene rings is 2. The lowest BCUT2D eigenvalue weighted by Crippen LogP contribution is -2.16. The number of hydrogen-bond donors (Lipinski definition) is 1. The summed E-state index contributed by atoms with van der Waals surface area (Å²) in [5.74, 6) is -0.916. The van der Waals surface area contributed by atoms with Crippen LogP contribution in [0.5, 0.6) is 0 Å². The van der Waals surface area contributed by atoms with Crippen molar-refractivity contribution in [2.75, 3.05) is 11.1 Å². The molecule has 4 rings (SSSR count). The largest absolute Gasteiger partial charge is 0.461 e. The highest BCUT2D eigenvalue weighted by Gasteiger charge is 2.18. The van der Waals surface area contributed by atoms with E-state index in [9.17, 15) is 13.6 Å². The quantitative estimate of drug-likeness (QED) is 0.438. The van der Waals surface area contributed by atoms with E-state index in [2.05, 4.69) is 15.5 Å². The Balaban J connectivity index is 1.51. The zero-order valence-electron chi connectivity index (χ0n) is 15.6. The van der Waals surface area contributed by atoms with E-state index in [-0.39, 0.29) is 11.4 Å². The molecule has 6 nitrogen and oxygen atoms in total. The normalized spacial score (nSPS) is 10.9. The number of amides is 1. The van der Waals surface area contributed by atoms with Crippen molar-refractivity contribution in [3.05, 3.63) is 84.1 Å². The monoisotopic (exact) mass is 426 g/mol. The van der Waals surface area contributed by atoms with E-state index in [1.54, 1.807) is 18.4 Å². The summed E-state index contributed by atoms with van der Waals surface area (Å²) in [5.41, 5.74) is 0.953. The second-order valence-electron chi connectivity index (χ2n) is 6.32. The fraction of sp³-hybridized carbons (Fsp3) is 0.0952. The van der Waals surface area contributed by atoms with Gasteiger partial charge in [-0.3, -0.25) is 9.36 Å². The molecule has 1 amide bonds. The van der Waals surface area contributed by atoms with Gasteiger partial charge in [-0.25, -0.2) is 8.78 Å². The van der Waals surface area contributed by atoms with Gasteiger partial charge in [0.25, 0.3) is 0 Å². The number of nitrogens with zero attached hydrogens (tertiary/aromatic N) is 3. The zero-order valence-corrected chi connectivity index (χ0v) is 16.4. The molecule has 0 fully saturated rings. The predicted octanol–water partition coefficient (Wildman–Crippen LogP) is 4.60. The third-order valence-electron chi connectivity index (χ3n) is 4.18. The molecule has 0 saturated carbocycles. The van der Waals surface area contributed by atoms with Crippen molar-refractivity contribution in [2.24, 2.45) is 0 Å². The Labute approximate surface area is 174 Å². The molecule has 0 unspecified atom stereocenters. The minimum absolute atomic E-state index is 0.0259. The molecule has 4 aromatic rings. The summed E-state index contributed by atoms with van der Waals surface area (Å²) in [6.45, 7) is 0.487. The molecule has 0 aliphatic rings. The fourth-order valence-corrected chi connectivity index (χ4v) is 3.54. The van der Waals surface area contributed by atoms with Crippen molar-refractivity contribution < 1.29 is 18.0 Å². The number of thioether (sulfide) groups is 1. The molecular formula is C21H16F2N4O2S. The van der Waals surface area contributed by atoms with E-state index in [4.69, 9.17) is 4.42 Å². The van der Waals surface area contributed by atoms with Crippen molar-refractivity contribution in [1.29, 1.82) is 0 Å². The van der Waals surface area contributed by atoms with Crippen LogP contribution in [0.25, 0.3) is 11.6 Å². The average Bonchev–Trinajstić information content (AvgIpc) is 3.39. The zero-order chi connectivity index (χ0) is 20.9. The predicted molar refractivity (Wildman–Crippen MR) is 109 cm³/mol. The van der Waals surface area contributed by atoms with Crippen LogP contribution in [0.4, 0.5) is 14.5 Å². The molecule has 2 aromatic heterocycles. The summed E-state index contributed by atoms with van der Waals surface area (Å²) in [6, 6.07) is 16.3. The van der Waals surface area contributed by atoms with Gasteiger partial charge in [-0.15, -0.1) is 10.2 Å². The number of halogens is 2. The molecule has 1 N–H and O–H groups in total. The van der Waals surface area contributed by atoms with E-state index < -0.39 is 17.5 Å². The van der Waals surface area contributed by atoms with Crippen LogP contribution in [0.2, 0.25) is 0 Å². The first kappa shape index (κ1) is 19.8. The lowest BCUT2D eigenvalue weighted by atomic mass is 10.2. The van der Waals surface area contributed by atoms with Crippen LogP contribution >= 0.6 is 11.8 Å². The van der Waals surface area contributed by atoms with E-state index in [1.165, 1.54) is 6.07 Å². The summed E-state index contributed by atoms with van der Waals surface area (Å²) in [7, 11) is 0. The Morgan fingerprint density at radius 1 is 1.07 bits per heavy atom. The number of anilines is 1. The fourth-order valence-electron chi connectivity index (χ4n) is 2.80.